The number of aryl methyl sites for hydroxylation is 2. The molecule has 0 aliphatic carbocycles. The van der Waals surface area contributed by atoms with Crippen LogP contribution >= 0.6 is 0 Å². The van der Waals surface area contributed by atoms with Gasteiger partial charge in [0.25, 0.3) is 0 Å². The van der Waals surface area contributed by atoms with Gasteiger partial charge in [0.2, 0.25) is 0 Å². The average Bonchev–Trinajstić information content (AvgIpc) is 2.91. The summed E-state index contributed by atoms with van der Waals surface area (Å²) in [7, 11) is -8.59. The number of sulfone groups is 1. The van der Waals surface area contributed by atoms with E-state index in [1.807, 2.05) is 44.2 Å². The summed E-state index contributed by atoms with van der Waals surface area (Å²) in [6, 6.07) is 20.1. The van der Waals surface area contributed by atoms with Crippen molar-refractivity contribution in [2.45, 2.75) is 25.2 Å². The number of phenols is 1. The van der Waals surface area contributed by atoms with E-state index in [1.165, 1.54) is 24.3 Å². The van der Waals surface area contributed by atoms with Crippen LogP contribution in [0.1, 0.15) is 18.1 Å². The van der Waals surface area contributed by atoms with Gasteiger partial charge in [-0.3, -0.25) is 4.55 Å². The third-order valence-corrected chi connectivity index (χ3v) is 8.10. The summed E-state index contributed by atoms with van der Waals surface area (Å²) >= 11 is 0. The Bertz CT molecular complexity index is 1800. The standard InChI is InChI=1S/C27H26N4O7S2/c1-3-19-6-13-24-23(14-15-25(27(24)32)30-28-20-7-4-18(2)5-8-20)26(19)31-29-21-9-11-22(12-10-21)39(33,34)17-16-38-40(35,36)37/h4-15,32H,3,16-17H2,1-2H3,(H,35,36,37). The molecule has 0 saturated carbocycles. The number of phenolic OH excluding ortho intramolecular Hbond substituents is 1. The Kier molecular flexibility index (Phi) is 8.69. The molecule has 0 radical (unpaired) electrons. The monoisotopic (exact) mass is 582 g/mol. The molecule has 4 aromatic rings. The smallest absolute Gasteiger partial charge is 0.397 e. The molecule has 0 saturated heterocycles. The first-order chi connectivity index (χ1) is 19.0. The molecular weight excluding hydrogens is 556 g/mol. The average molecular weight is 583 g/mol. The second-order valence-corrected chi connectivity index (χ2v) is 12.0. The quantitative estimate of drug-likeness (QED) is 0.152. The minimum absolute atomic E-state index is 0.0417. The van der Waals surface area contributed by atoms with Crippen molar-refractivity contribution in [3.05, 3.63) is 83.9 Å². The van der Waals surface area contributed by atoms with Gasteiger partial charge >= 0.3 is 10.4 Å². The number of hydrogen-bond donors (Lipinski definition) is 2. The van der Waals surface area contributed by atoms with Crippen LogP contribution in [0.4, 0.5) is 22.7 Å². The summed E-state index contributed by atoms with van der Waals surface area (Å²) < 4.78 is 58.7. The van der Waals surface area contributed by atoms with E-state index in [9.17, 15) is 21.9 Å². The van der Waals surface area contributed by atoms with Crippen LogP contribution < -0.4 is 0 Å². The van der Waals surface area contributed by atoms with Crippen molar-refractivity contribution >= 4 is 53.8 Å². The fourth-order valence-corrected chi connectivity index (χ4v) is 5.30. The highest BCUT2D eigenvalue weighted by atomic mass is 32.3. The Morgan fingerprint density at radius 3 is 1.98 bits per heavy atom. The molecule has 0 spiro atoms. The molecule has 0 aliphatic rings. The van der Waals surface area contributed by atoms with Crippen LogP contribution in [-0.2, 0) is 30.8 Å². The fraction of sp³-hybridized carbons (Fsp3) is 0.185. The molecule has 0 amide bonds. The van der Waals surface area contributed by atoms with Crippen LogP contribution in [0.15, 0.2) is 98.1 Å². The summed E-state index contributed by atoms with van der Waals surface area (Å²) in [6.07, 6.45) is 0.656. The van der Waals surface area contributed by atoms with Gasteiger partial charge in [-0.15, -0.1) is 10.2 Å². The summed E-state index contributed by atoms with van der Waals surface area (Å²) in [4.78, 5) is -0.0675. The second-order valence-electron chi connectivity index (χ2n) is 8.75. The lowest BCUT2D eigenvalue weighted by atomic mass is 10.0. The van der Waals surface area contributed by atoms with Crippen LogP contribution in [0.25, 0.3) is 10.8 Å². The number of hydrogen-bond acceptors (Lipinski definition) is 10. The molecule has 13 heteroatoms. The van der Waals surface area contributed by atoms with Gasteiger partial charge in [0.05, 0.1) is 34.3 Å². The molecule has 0 bridgehead atoms. The minimum Gasteiger partial charge on any atom is -0.505 e. The van der Waals surface area contributed by atoms with E-state index in [1.54, 1.807) is 18.2 Å². The molecule has 0 atom stereocenters. The van der Waals surface area contributed by atoms with E-state index in [0.717, 1.165) is 11.1 Å². The van der Waals surface area contributed by atoms with Gasteiger partial charge < -0.3 is 5.11 Å². The van der Waals surface area contributed by atoms with Gasteiger partial charge in [-0.25, -0.2) is 12.6 Å². The molecule has 2 N–H and O–H groups in total. The van der Waals surface area contributed by atoms with E-state index in [0.29, 0.717) is 39.9 Å². The SMILES string of the molecule is CCc1ccc2c(O)c(N=Nc3ccc(C)cc3)ccc2c1N=Nc1ccc(S(=O)(=O)CCOS(=O)(=O)O)cc1. The first kappa shape index (κ1) is 29.0. The molecule has 208 valence electrons. The lowest BCUT2D eigenvalue weighted by Gasteiger charge is -2.10. The summed E-state index contributed by atoms with van der Waals surface area (Å²) in [5.74, 6) is -0.681. The van der Waals surface area contributed by atoms with E-state index in [-0.39, 0.29) is 10.6 Å². The molecule has 0 aromatic heterocycles. The van der Waals surface area contributed by atoms with Crippen molar-refractivity contribution in [2.75, 3.05) is 12.4 Å². The molecule has 0 fully saturated rings. The Morgan fingerprint density at radius 2 is 1.35 bits per heavy atom. The van der Waals surface area contributed by atoms with Crippen LogP contribution in [0, 0.1) is 6.92 Å². The Morgan fingerprint density at radius 1 is 0.750 bits per heavy atom. The maximum absolute atomic E-state index is 12.4. The molecule has 0 heterocycles. The number of azo groups is 2. The molecule has 4 rings (SSSR count). The van der Waals surface area contributed by atoms with Crippen LogP contribution in [0.3, 0.4) is 0 Å². The summed E-state index contributed by atoms with van der Waals surface area (Å²) in [5, 5.41) is 29.2. The molecule has 40 heavy (non-hydrogen) atoms. The zero-order valence-electron chi connectivity index (χ0n) is 21.6. The third kappa shape index (κ3) is 7.12. The first-order valence-electron chi connectivity index (χ1n) is 12.1. The predicted molar refractivity (Wildman–Crippen MR) is 151 cm³/mol. The Labute approximate surface area is 231 Å². The van der Waals surface area contributed by atoms with E-state index < -0.39 is 32.6 Å². The zero-order valence-corrected chi connectivity index (χ0v) is 23.2. The number of fused-ring (bicyclic) bond motifs is 1. The lowest BCUT2D eigenvalue weighted by Crippen LogP contribution is -2.15. The lowest BCUT2D eigenvalue weighted by molar-refractivity contribution is 0.284. The van der Waals surface area contributed by atoms with Crippen LogP contribution in [0.5, 0.6) is 5.75 Å². The van der Waals surface area contributed by atoms with Crippen molar-refractivity contribution in [3.8, 4) is 5.75 Å². The summed E-state index contributed by atoms with van der Waals surface area (Å²) in [5.41, 5.74) is 3.88. The van der Waals surface area contributed by atoms with Gasteiger partial charge in [-0.2, -0.15) is 18.6 Å². The summed E-state index contributed by atoms with van der Waals surface area (Å²) in [6.45, 7) is 3.23. The van der Waals surface area contributed by atoms with Gasteiger partial charge in [0, 0.05) is 10.8 Å². The fourth-order valence-electron chi connectivity index (χ4n) is 3.81. The van der Waals surface area contributed by atoms with Gasteiger partial charge in [-0.05, 0) is 67.4 Å². The van der Waals surface area contributed by atoms with Crippen LogP contribution in [0.2, 0.25) is 0 Å². The third-order valence-electron chi connectivity index (χ3n) is 5.94. The normalized spacial score (nSPS) is 12.6. The first-order valence-corrected chi connectivity index (χ1v) is 15.1. The molecule has 4 aromatic carbocycles. The van der Waals surface area contributed by atoms with Crippen molar-refractivity contribution in [2.24, 2.45) is 20.5 Å². The van der Waals surface area contributed by atoms with Gasteiger partial charge in [0.15, 0.2) is 15.6 Å². The van der Waals surface area contributed by atoms with E-state index >= 15 is 0 Å². The molecule has 0 aliphatic heterocycles. The maximum atomic E-state index is 12.4. The number of aromatic hydroxyl groups is 1. The molecular formula is C27H26N4O7S2. The Balaban J connectivity index is 1.59. The van der Waals surface area contributed by atoms with Crippen LogP contribution in [-0.4, -0.2) is 38.9 Å². The number of benzene rings is 4. The van der Waals surface area contributed by atoms with Crippen molar-refractivity contribution in [1.82, 2.24) is 0 Å². The maximum Gasteiger partial charge on any atom is 0.397 e. The predicted octanol–water partition coefficient (Wildman–Crippen LogP) is 6.84. The Hall–Kier alpha value is -4.04. The molecule has 11 nitrogen and oxygen atoms in total. The van der Waals surface area contributed by atoms with E-state index in [2.05, 4.69) is 24.6 Å². The van der Waals surface area contributed by atoms with Gasteiger partial charge in [-0.1, -0.05) is 36.8 Å². The van der Waals surface area contributed by atoms with Gasteiger partial charge in [0.1, 0.15) is 5.69 Å². The van der Waals surface area contributed by atoms with E-state index in [4.69, 9.17) is 4.55 Å². The highest BCUT2D eigenvalue weighted by molar-refractivity contribution is 7.91. The largest absolute Gasteiger partial charge is 0.505 e. The molecule has 0 unspecified atom stereocenters. The highest BCUT2D eigenvalue weighted by Gasteiger charge is 2.17. The number of rotatable bonds is 10. The highest BCUT2D eigenvalue weighted by Crippen LogP contribution is 2.41. The van der Waals surface area contributed by atoms with Crippen molar-refractivity contribution in [1.29, 1.82) is 0 Å². The second kappa shape index (κ2) is 12.0. The zero-order chi connectivity index (χ0) is 28.9. The van der Waals surface area contributed by atoms with Crippen molar-refractivity contribution < 1.29 is 30.7 Å². The minimum atomic E-state index is -4.73. The topological polar surface area (TPSA) is 167 Å². The van der Waals surface area contributed by atoms with Crippen molar-refractivity contribution in [3.63, 3.8) is 0 Å². The number of nitrogens with zero attached hydrogens (tertiary/aromatic N) is 4.